The molecule has 0 radical (unpaired) electrons. The zero-order valence-corrected chi connectivity index (χ0v) is 13.5. The van der Waals surface area contributed by atoms with E-state index in [0.29, 0.717) is 6.04 Å². The first kappa shape index (κ1) is 15.6. The van der Waals surface area contributed by atoms with E-state index in [2.05, 4.69) is 33.0 Å². The summed E-state index contributed by atoms with van der Waals surface area (Å²) in [5, 5.41) is 4.96. The van der Waals surface area contributed by atoms with E-state index in [1.165, 1.54) is 25.7 Å². The molecule has 1 saturated carbocycles. The van der Waals surface area contributed by atoms with Gasteiger partial charge < -0.3 is 10.2 Å². The minimum atomic E-state index is -0.278. The summed E-state index contributed by atoms with van der Waals surface area (Å²) in [6.07, 6.45) is 8.92. The third-order valence-corrected chi connectivity index (χ3v) is 4.78. The van der Waals surface area contributed by atoms with Crippen LogP contribution in [0, 0.1) is 0 Å². The molecule has 0 aromatic carbocycles. The quantitative estimate of drug-likeness (QED) is 0.832. The van der Waals surface area contributed by atoms with Crippen LogP contribution in [0.1, 0.15) is 79.1 Å². The van der Waals surface area contributed by atoms with Gasteiger partial charge in [-0.2, -0.15) is 0 Å². The highest BCUT2D eigenvalue weighted by Gasteiger charge is 2.44. The number of rotatable bonds is 2. The Morgan fingerprint density at radius 2 is 1.55 bits per heavy atom. The third kappa shape index (κ3) is 3.66. The van der Waals surface area contributed by atoms with E-state index >= 15 is 0 Å². The lowest BCUT2D eigenvalue weighted by Crippen LogP contribution is -2.60. The van der Waals surface area contributed by atoms with Crippen LogP contribution < -0.4 is 5.32 Å². The van der Waals surface area contributed by atoms with Gasteiger partial charge >= 0.3 is 6.09 Å². The monoisotopic (exact) mass is 282 g/mol. The highest BCUT2D eigenvalue weighted by molar-refractivity contribution is 5.67. The van der Waals surface area contributed by atoms with Crippen LogP contribution in [-0.4, -0.2) is 28.3 Å². The van der Waals surface area contributed by atoms with Gasteiger partial charge in [-0.05, 0) is 59.8 Å². The minimum Gasteiger partial charge on any atom is -0.350 e. The second-order valence-corrected chi connectivity index (χ2v) is 7.63. The van der Waals surface area contributed by atoms with Crippen molar-refractivity contribution in [2.45, 2.75) is 96.2 Å². The standard InChI is InChI=1S/C16H30N2O2/c1-15(2)11-8-12-16(3,4)18(15)20-14(19)17-13-9-6-5-7-10-13/h13H,5-12H2,1-4H3,(H,17,19). The number of hydrogen-bond acceptors (Lipinski definition) is 3. The summed E-state index contributed by atoms with van der Waals surface area (Å²) in [4.78, 5) is 17.9. The Hall–Kier alpha value is -0.770. The maximum Gasteiger partial charge on any atom is 0.426 e. The zero-order valence-electron chi connectivity index (χ0n) is 13.5. The molecule has 1 aliphatic heterocycles. The summed E-state index contributed by atoms with van der Waals surface area (Å²) >= 11 is 0. The molecule has 4 heteroatoms. The number of nitrogens with zero attached hydrogens (tertiary/aromatic N) is 1. The SMILES string of the molecule is CC1(C)CCCC(C)(C)N1OC(=O)NC1CCCCC1. The van der Waals surface area contributed by atoms with Crippen molar-refractivity contribution < 1.29 is 9.63 Å². The van der Waals surface area contributed by atoms with Gasteiger partial charge in [0.25, 0.3) is 0 Å². The molecule has 0 bridgehead atoms. The maximum absolute atomic E-state index is 12.2. The van der Waals surface area contributed by atoms with Gasteiger partial charge in [-0.3, -0.25) is 0 Å². The van der Waals surface area contributed by atoms with Gasteiger partial charge in [0.1, 0.15) is 0 Å². The molecule has 0 atom stereocenters. The molecular formula is C16H30N2O2. The fourth-order valence-electron chi connectivity index (χ4n) is 3.75. The van der Waals surface area contributed by atoms with E-state index in [-0.39, 0.29) is 17.2 Å². The van der Waals surface area contributed by atoms with Crippen molar-refractivity contribution in [1.29, 1.82) is 0 Å². The summed E-state index contributed by atoms with van der Waals surface area (Å²) in [5.74, 6) is 0. The van der Waals surface area contributed by atoms with Gasteiger partial charge in [0.2, 0.25) is 0 Å². The molecule has 2 aliphatic rings. The van der Waals surface area contributed by atoms with Gasteiger partial charge in [0, 0.05) is 6.04 Å². The van der Waals surface area contributed by atoms with Gasteiger partial charge in [-0.1, -0.05) is 19.3 Å². The first-order chi connectivity index (χ1) is 9.31. The van der Waals surface area contributed by atoms with Crippen molar-refractivity contribution in [3.05, 3.63) is 0 Å². The second kappa shape index (κ2) is 5.92. The highest BCUT2D eigenvalue weighted by Crippen LogP contribution is 2.38. The first-order valence-electron chi connectivity index (χ1n) is 8.10. The van der Waals surface area contributed by atoms with E-state index in [4.69, 9.17) is 4.84 Å². The van der Waals surface area contributed by atoms with Crippen LogP contribution in [0.2, 0.25) is 0 Å². The number of carbonyl (C=O) groups excluding carboxylic acids is 1. The van der Waals surface area contributed by atoms with Gasteiger partial charge in [-0.25, -0.2) is 4.79 Å². The smallest absolute Gasteiger partial charge is 0.350 e. The van der Waals surface area contributed by atoms with Crippen molar-refractivity contribution in [3.8, 4) is 0 Å². The number of hydrogen-bond donors (Lipinski definition) is 1. The van der Waals surface area contributed by atoms with Crippen LogP contribution in [0.3, 0.4) is 0 Å². The predicted octanol–water partition coefficient (Wildman–Crippen LogP) is 4.00. The molecule has 1 saturated heterocycles. The summed E-state index contributed by atoms with van der Waals surface area (Å²) in [6, 6.07) is 0.298. The molecule has 0 unspecified atom stereocenters. The summed E-state index contributed by atoms with van der Waals surface area (Å²) in [7, 11) is 0. The lowest BCUT2D eigenvalue weighted by Gasteiger charge is -2.50. The van der Waals surface area contributed by atoms with Crippen molar-refractivity contribution in [1.82, 2.24) is 10.4 Å². The molecular weight excluding hydrogens is 252 g/mol. The Morgan fingerprint density at radius 3 is 2.10 bits per heavy atom. The Labute approximate surface area is 123 Å². The topological polar surface area (TPSA) is 41.6 Å². The van der Waals surface area contributed by atoms with Crippen molar-refractivity contribution in [2.75, 3.05) is 0 Å². The molecule has 1 heterocycles. The van der Waals surface area contributed by atoms with Crippen LogP contribution in [0.5, 0.6) is 0 Å². The average molecular weight is 282 g/mol. The lowest BCUT2D eigenvalue weighted by molar-refractivity contribution is -0.239. The van der Waals surface area contributed by atoms with Crippen molar-refractivity contribution >= 4 is 6.09 Å². The highest BCUT2D eigenvalue weighted by atomic mass is 16.7. The normalized spacial score (nSPS) is 27.0. The van der Waals surface area contributed by atoms with Crippen molar-refractivity contribution in [2.24, 2.45) is 0 Å². The maximum atomic E-state index is 12.2. The zero-order chi connectivity index (χ0) is 14.8. The molecule has 0 aromatic heterocycles. The number of hydroxylamine groups is 2. The number of carbonyl (C=O) groups is 1. The summed E-state index contributed by atoms with van der Waals surface area (Å²) in [6.45, 7) is 8.62. The van der Waals surface area contributed by atoms with E-state index < -0.39 is 0 Å². The number of piperidine rings is 1. The minimum absolute atomic E-state index is 0.0916. The number of nitrogens with one attached hydrogen (secondary N) is 1. The predicted molar refractivity (Wildman–Crippen MR) is 80.3 cm³/mol. The molecule has 1 amide bonds. The molecule has 116 valence electrons. The Bertz CT molecular complexity index is 330. The largest absolute Gasteiger partial charge is 0.426 e. The molecule has 4 nitrogen and oxygen atoms in total. The molecule has 0 aromatic rings. The van der Waals surface area contributed by atoms with Crippen LogP contribution in [0.15, 0.2) is 0 Å². The van der Waals surface area contributed by atoms with Gasteiger partial charge in [-0.15, -0.1) is 5.06 Å². The molecule has 0 spiro atoms. The Kier molecular flexibility index (Phi) is 4.62. The summed E-state index contributed by atoms with van der Waals surface area (Å²) in [5.41, 5.74) is -0.183. The van der Waals surface area contributed by atoms with Crippen LogP contribution in [0.4, 0.5) is 4.79 Å². The van der Waals surface area contributed by atoms with Crippen LogP contribution >= 0.6 is 0 Å². The van der Waals surface area contributed by atoms with Gasteiger partial charge in [0.15, 0.2) is 0 Å². The average Bonchev–Trinajstić information content (AvgIpc) is 2.35. The molecule has 1 aliphatic carbocycles. The molecule has 1 N–H and O–H groups in total. The molecule has 20 heavy (non-hydrogen) atoms. The van der Waals surface area contributed by atoms with E-state index in [0.717, 1.165) is 25.7 Å². The van der Waals surface area contributed by atoms with Crippen LogP contribution in [0.25, 0.3) is 0 Å². The van der Waals surface area contributed by atoms with E-state index in [9.17, 15) is 4.79 Å². The fraction of sp³-hybridized carbons (Fsp3) is 0.938. The fourth-order valence-corrected chi connectivity index (χ4v) is 3.75. The summed E-state index contributed by atoms with van der Waals surface area (Å²) < 4.78 is 0. The van der Waals surface area contributed by atoms with Crippen LogP contribution in [-0.2, 0) is 4.84 Å². The third-order valence-electron chi connectivity index (χ3n) is 4.78. The Morgan fingerprint density at radius 1 is 1.00 bits per heavy atom. The lowest BCUT2D eigenvalue weighted by atomic mass is 9.82. The first-order valence-corrected chi connectivity index (χ1v) is 8.10. The van der Waals surface area contributed by atoms with Crippen molar-refractivity contribution in [3.63, 3.8) is 0 Å². The van der Waals surface area contributed by atoms with Gasteiger partial charge in [0.05, 0.1) is 11.1 Å². The van der Waals surface area contributed by atoms with E-state index in [1.807, 2.05) is 5.06 Å². The second-order valence-electron chi connectivity index (χ2n) is 7.63. The molecule has 2 rings (SSSR count). The molecule has 2 fully saturated rings. The Balaban J connectivity index is 1.93. The number of amides is 1. The van der Waals surface area contributed by atoms with E-state index in [1.54, 1.807) is 0 Å².